The van der Waals surface area contributed by atoms with Crippen molar-refractivity contribution in [1.29, 1.82) is 0 Å². The molecule has 0 radical (unpaired) electrons. The van der Waals surface area contributed by atoms with Crippen molar-refractivity contribution < 1.29 is 4.79 Å². The van der Waals surface area contributed by atoms with Crippen molar-refractivity contribution in [1.82, 2.24) is 23.9 Å². The molecule has 0 bridgehead atoms. The van der Waals surface area contributed by atoms with E-state index in [9.17, 15) is 9.59 Å². The summed E-state index contributed by atoms with van der Waals surface area (Å²) >= 11 is 6.28. The SMILES string of the molecule is Cc1nc2c(c(Cl)c1C=O)n(C)c(=O)n2Cc1cnn(C)c1. The molecule has 3 aromatic rings. The summed E-state index contributed by atoms with van der Waals surface area (Å²) in [6, 6.07) is 0. The average Bonchev–Trinajstić information content (AvgIpc) is 2.97. The Balaban J connectivity index is 2.29. The summed E-state index contributed by atoms with van der Waals surface area (Å²) in [6.07, 6.45) is 4.19. The highest BCUT2D eigenvalue weighted by Crippen LogP contribution is 2.26. The second kappa shape index (κ2) is 5.10. The number of aryl methyl sites for hydroxylation is 3. The number of aromatic nitrogens is 5. The van der Waals surface area contributed by atoms with E-state index in [2.05, 4.69) is 10.1 Å². The number of pyridine rings is 1. The summed E-state index contributed by atoms with van der Waals surface area (Å²) in [7, 11) is 3.42. The zero-order valence-corrected chi connectivity index (χ0v) is 13.1. The predicted octanol–water partition coefficient (Wildman–Crippen LogP) is 1.29. The molecule has 0 saturated carbocycles. The van der Waals surface area contributed by atoms with Crippen LogP contribution in [0, 0.1) is 6.92 Å². The van der Waals surface area contributed by atoms with Crippen molar-refractivity contribution in [2.75, 3.05) is 0 Å². The highest BCUT2D eigenvalue weighted by atomic mass is 35.5. The Morgan fingerprint density at radius 1 is 1.36 bits per heavy atom. The molecule has 0 aliphatic rings. The van der Waals surface area contributed by atoms with Crippen LogP contribution in [0.5, 0.6) is 0 Å². The van der Waals surface area contributed by atoms with Gasteiger partial charge < -0.3 is 0 Å². The van der Waals surface area contributed by atoms with Gasteiger partial charge in [0.25, 0.3) is 0 Å². The number of halogens is 1. The number of rotatable bonds is 3. The fourth-order valence-electron chi connectivity index (χ4n) is 2.52. The van der Waals surface area contributed by atoms with E-state index in [0.29, 0.717) is 35.3 Å². The zero-order valence-electron chi connectivity index (χ0n) is 12.4. The number of carbonyl (C=O) groups excluding carboxylic acids is 1. The summed E-state index contributed by atoms with van der Waals surface area (Å²) in [6.45, 7) is 2.04. The molecule has 0 spiro atoms. The lowest BCUT2D eigenvalue weighted by atomic mass is 10.2. The lowest BCUT2D eigenvalue weighted by molar-refractivity contribution is 0.112. The van der Waals surface area contributed by atoms with Gasteiger partial charge in [-0.25, -0.2) is 9.78 Å². The molecule has 8 heteroatoms. The van der Waals surface area contributed by atoms with Crippen LogP contribution in [0.3, 0.4) is 0 Å². The van der Waals surface area contributed by atoms with Gasteiger partial charge in [-0.2, -0.15) is 5.10 Å². The fraction of sp³-hybridized carbons (Fsp3) is 0.286. The van der Waals surface area contributed by atoms with Crippen LogP contribution in [0.2, 0.25) is 5.02 Å². The number of hydrogen-bond donors (Lipinski definition) is 0. The molecule has 3 heterocycles. The van der Waals surface area contributed by atoms with Gasteiger partial charge in [-0.15, -0.1) is 0 Å². The van der Waals surface area contributed by atoms with Crippen molar-refractivity contribution in [3.63, 3.8) is 0 Å². The Labute approximate surface area is 130 Å². The van der Waals surface area contributed by atoms with Gasteiger partial charge in [-0.1, -0.05) is 11.6 Å². The Hall–Kier alpha value is -2.41. The number of nitrogens with zero attached hydrogens (tertiary/aromatic N) is 5. The molecule has 0 N–H and O–H groups in total. The van der Waals surface area contributed by atoms with Crippen molar-refractivity contribution in [3.8, 4) is 0 Å². The first kappa shape index (κ1) is 14.5. The van der Waals surface area contributed by atoms with E-state index in [1.807, 2.05) is 13.2 Å². The fourth-order valence-corrected chi connectivity index (χ4v) is 2.92. The minimum Gasteiger partial charge on any atom is -0.298 e. The monoisotopic (exact) mass is 319 g/mol. The van der Waals surface area contributed by atoms with Crippen molar-refractivity contribution >= 4 is 29.1 Å². The quantitative estimate of drug-likeness (QED) is 0.682. The van der Waals surface area contributed by atoms with Crippen LogP contribution in [-0.2, 0) is 20.6 Å². The first-order chi connectivity index (χ1) is 10.4. The molecular weight excluding hydrogens is 306 g/mol. The highest BCUT2D eigenvalue weighted by molar-refractivity contribution is 6.37. The van der Waals surface area contributed by atoms with Gasteiger partial charge in [0.15, 0.2) is 11.9 Å². The summed E-state index contributed by atoms with van der Waals surface area (Å²) in [5.41, 5.74) is 2.37. The number of aldehydes is 1. The Morgan fingerprint density at radius 3 is 2.68 bits per heavy atom. The molecule has 0 amide bonds. The molecule has 114 valence electrons. The third-order valence-electron chi connectivity index (χ3n) is 3.65. The van der Waals surface area contributed by atoms with Crippen molar-refractivity contribution in [3.05, 3.63) is 44.7 Å². The summed E-state index contributed by atoms with van der Waals surface area (Å²) in [5.74, 6) is 0. The Kier molecular flexibility index (Phi) is 3.37. The maximum Gasteiger partial charge on any atom is 0.330 e. The summed E-state index contributed by atoms with van der Waals surface area (Å²) in [5, 5.41) is 4.35. The van der Waals surface area contributed by atoms with Crippen LogP contribution >= 0.6 is 11.6 Å². The molecule has 0 fully saturated rings. The van der Waals surface area contributed by atoms with Crippen LogP contribution < -0.4 is 5.69 Å². The lowest BCUT2D eigenvalue weighted by Gasteiger charge is -2.05. The van der Waals surface area contributed by atoms with E-state index in [1.165, 1.54) is 9.13 Å². The molecule has 0 aromatic carbocycles. The molecule has 3 aromatic heterocycles. The smallest absolute Gasteiger partial charge is 0.298 e. The van der Waals surface area contributed by atoms with E-state index in [-0.39, 0.29) is 10.7 Å². The number of imidazole rings is 1. The zero-order chi connectivity index (χ0) is 16.0. The molecule has 0 atom stereocenters. The topological polar surface area (TPSA) is 74.7 Å². The average molecular weight is 320 g/mol. The number of fused-ring (bicyclic) bond motifs is 1. The van der Waals surface area contributed by atoms with Crippen LogP contribution in [0.25, 0.3) is 11.2 Å². The van der Waals surface area contributed by atoms with Crippen LogP contribution in [-0.4, -0.2) is 30.2 Å². The Bertz CT molecular complexity index is 950. The van der Waals surface area contributed by atoms with E-state index in [0.717, 1.165) is 5.56 Å². The van der Waals surface area contributed by atoms with Gasteiger partial charge in [0.05, 0.1) is 29.0 Å². The minimum atomic E-state index is -0.240. The van der Waals surface area contributed by atoms with Crippen molar-refractivity contribution in [2.45, 2.75) is 13.5 Å². The second-order valence-corrected chi connectivity index (χ2v) is 5.54. The minimum absolute atomic E-state index is 0.240. The van der Waals surface area contributed by atoms with Crippen LogP contribution in [0.4, 0.5) is 0 Å². The molecule has 0 saturated heterocycles. The molecular formula is C14H14ClN5O2. The van der Waals surface area contributed by atoms with E-state index >= 15 is 0 Å². The van der Waals surface area contributed by atoms with Gasteiger partial charge in [0, 0.05) is 25.9 Å². The summed E-state index contributed by atoms with van der Waals surface area (Å²) in [4.78, 5) is 28.0. The van der Waals surface area contributed by atoms with Crippen LogP contribution in [0.15, 0.2) is 17.2 Å². The van der Waals surface area contributed by atoms with Gasteiger partial charge in [0.2, 0.25) is 0 Å². The molecule has 0 aliphatic carbocycles. The maximum atomic E-state index is 12.5. The molecule has 7 nitrogen and oxygen atoms in total. The summed E-state index contributed by atoms with van der Waals surface area (Å²) < 4.78 is 4.61. The van der Waals surface area contributed by atoms with Gasteiger partial charge in [0.1, 0.15) is 5.52 Å². The van der Waals surface area contributed by atoms with Crippen molar-refractivity contribution in [2.24, 2.45) is 14.1 Å². The largest absolute Gasteiger partial charge is 0.330 e. The van der Waals surface area contributed by atoms with Gasteiger partial charge >= 0.3 is 5.69 Å². The highest BCUT2D eigenvalue weighted by Gasteiger charge is 2.19. The first-order valence-electron chi connectivity index (χ1n) is 6.62. The third kappa shape index (κ3) is 2.05. The Morgan fingerprint density at radius 2 is 2.09 bits per heavy atom. The maximum absolute atomic E-state index is 12.5. The van der Waals surface area contributed by atoms with E-state index in [4.69, 9.17) is 11.6 Å². The molecule has 0 unspecified atom stereocenters. The second-order valence-electron chi connectivity index (χ2n) is 5.16. The first-order valence-corrected chi connectivity index (χ1v) is 7.00. The van der Waals surface area contributed by atoms with Gasteiger partial charge in [-0.3, -0.25) is 18.6 Å². The normalized spacial score (nSPS) is 11.3. The van der Waals surface area contributed by atoms with E-state index in [1.54, 1.807) is 24.9 Å². The van der Waals surface area contributed by atoms with Gasteiger partial charge in [-0.05, 0) is 6.92 Å². The standard InChI is InChI=1S/C14H14ClN5O2/c1-8-10(7-21)11(15)12-13(17-8)20(14(22)19(12)3)6-9-4-16-18(2)5-9/h4-5,7H,6H2,1-3H3. The predicted molar refractivity (Wildman–Crippen MR) is 82.4 cm³/mol. The lowest BCUT2D eigenvalue weighted by Crippen LogP contribution is -2.22. The third-order valence-corrected chi connectivity index (χ3v) is 4.03. The molecule has 22 heavy (non-hydrogen) atoms. The number of hydrogen-bond acceptors (Lipinski definition) is 4. The molecule has 0 aliphatic heterocycles. The van der Waals surface area contributed by atoms with Crippen LogP contribution in [0.1, 0.15) is 21.6 Å². The number of carbonyl (C=O) groups is 1. The molecule has 3 rings (SSSR count). The van der Waals surface area contributed by atoms with E-state index < -0.39 is 0 Å².